The van der Waals surface area contributed by atoms with Crippen molar-refractivity contribution in [3.05, 3.63) is 0 Å². The topological polar surface area (TPSA) is 307 Å². The summed E-state index contributed by atoms with van der Waals surface area (Å²) in [5, 5.41) is 48.0. The molecule has 0 amide bonds. The summed E-state index contributed by atoms with van der Waals surface area (Å²) in [6.07, 6.45) is 10.1. The first-order valence-electron chi connectivity index (χ1n) is 37.8. The molecule has 8 aliphatic carbocycles. The molecule has 50 unspecified atom stereocenters. The van der Waals surface area contributed by atoms with Gasteiger partial charge in [-0.25, -0.2) is 16.8 Å². The fourth-order valence-electron chi connectivity index (χ4n) is 24.5. The summed E-state index contributed by atoms with van der Waals surface area (Å²) >= 11 is 112. The van der Waals surface area contributed by atoms with E-state index in [0.29, 0.717) is 23.7 Å². The van der Waals surface area contributed by atoms with Gasteiger partial charge in [0.25, 0.3) is 0 Å². The zero-order valence-electron chi connectivity index (χ0n) is 56.4. The van der Waals surface area contributed by atoms with Crippen molar-refractivity contribution < 1.29 is 43.0 Å². The summed E-state index contributed by atoms with van der Waals surface area (Å²) in [7, 11) is -9.80. The Hall–Kier alpha value is 4.34. The van der Waals surface area contributed by atoms with Gasteiger partial charge in [-0.15, -0.1) is 186 Å². The Morgan fingerprint density at radius 3 is 0.610 bits per heavy atom. The minimum Gasteiger partial charge on any atom is -0.748 e. The molecular formula is C64H94Cl16CuN16O6S2. The van der Waals surface area contributed by atoms with Crippen molar-refractivity contribution in [1.82, 2.24) is 85.1 Å². The second-order valence-electron chi connectivity index (χ2n) is 33.7. The number of hydrogen-bond acceptors (Lipinski definition) is 22. The van der Waals surface area contributed by atoms with E-state index in [4.69, 9.17) is 186 Å². The van der Waals surface area contributed by atoms with E-state index in [0.717, 1.165) is 89.9 Å². The predicted octanol–water partition coefficient (Wildman–Crippen LogP) is 5.73. The van der Waals surface area contributed by atoms with Crippen LogP contribution in [0.3, 0.4) is 0 Å². The van der Waals surface area contributed by atoms with E-state index in [-0.39, 0.29) is 137 Å². The maximum absolute atomic E-state index is 13.1. The molecule has 8 saturated carbocycles. The summed E-state index contributed by atoms with van der Waals surface area (Å²) in [5.74, 6) is -1.67. The van der Waals surface area contributed by atoms with E-state index in [1.54, 1.807) is 0 Å². The summed E-state index contributed by atoms with van der Waals surface area (Å²) in [4.78, 5) is 0. The van der Waals surface area contributed by atoms with Crippen molar-refractivity contribution in [2.75, 3.05) is 0 Å². The molecule has 22 nitrogen and oxygen atoms in total. The van der Waals surface area contributed by atoms with E-state index >= 15 is 0 Å². The third-order valence-electron chi connectivity index (χ3n) is 28.9. The van der Waals surface area contributed by atoms with Crippen molar-refractivity contribution in [1.29, 1.82) is 0 Å². The molecule has 50 atom stereocenters. The maximum atomic E-state index is 13.1. The molecule has 18 aliphatic rings. The molecule has 16 N–H and O–H groups in total. The molecule has 1 radical (unpaired) electrons. The second-order valence-corrected chi connectivity index (χ2v) is 44.9. The molecule has 18 rings (SSSR count). The van der Waals surface area contributed by atoms with Gasteiger partial charge in [0.05, 0.1) is 205 Å². The SMILES string of the molecule is O=S(=O)([O-])C1C(Cl)C(Cl)C(Cl)C2C3NC4NC(NC5NC(NC6NC(NC(N3)C21)C1CCCCC61)C1CCCC(Cl)C51)C1C(Cl)C(Cl)C(Cl)C(Cl)C41.O=S(=O)([O-])C1C(Cl)C(Cl)C(Cl)C2C3NC4NC(NC5NC(NC6NC(NC(N3)C21)C1CCCCC61)C1CCCC(Cl)C51)C1C(Cl)C(Cl)C(Cl)C(Cl)C41.[Cu+2]. The van der Waals surface area contributed by atoms with Crippen LogP contribution in [0.1, 0.15) is 89.9 Å². The molecule has 41 heteroatoms. The Bertz CT molecular complexity index is 3150. The third kappa shape index (κ3) is 14.5. The average Bonchev–Trinajstić information content (AvgIpc) is 1.61. The van der Waals surface area contributed by atoms with Gasteiger partial charge in [-0.3, -0.25) is 85.1 Å². The largest absolute Gasteiger partial charge is 2.00 e. The average molecular weight is 1880 g/mol. The first kappa shape index (κ1) is 83.0. The second kappa shape index (κ2) is 32.4. The predicted molar refractivity (Wildman–Crippen MR) is 412 cm³/mol. The van der Waals surface area contributed by atoms with Crippen molar-refractivity contribution in [3.8, 4) is 0 Å². The molecule has 10 aliphatic heterocycles. The van der Waals surface area contributed by atoms with E-state index in [1.165, 1.54) is 0 Å². The molecule has 18 fully saturated rings. The number of rotatable bonds is 2. The van der Waals surface area contributed by atoms with Gasteiger partial charge >= 0.3 is 17.1 Å². The van der Waals surface area contributed by atoms with Crippen LogP contribution < -0.4 is 85.1 Å². The number of nitrogens with one attached hydrogen (secondary N) is 16. The fourth-order valence-corrected chi connectivity index (χ4v) is 34.7. The van der Waals surface area contributed by atoms with Crippen LogP contribution in [0.2, 0.25) is 0 Å². The Morgan fingerprint density at radius 2 is 0.371 bits per heavy atom. The smallest absolute Gasteiger partial charge is 0.748 e. The van der Waals surface area contributed by atoms with Crippen LogP contribution in [-0.4, -0.2) is 221 Å². The van der Waals surface area contributed by atoms with Crippen LogP contribution in [0.15, 0.2) is 0 Å². The van der Waals surface area contributed by atoms with Crippen molar-refractivity contribution in [3.63, 3.8) is 0 Å². The van der Waals surface area contributed by atoms with Gasteiger partial charge in [-0.2, -0.15) is 0 Å². The van der Waals surface area contributed by atoms with Crippen molar-refractivity contribution in [2.24, 2.45) is 94.7 Å². The van der Waals surface area contributed by atoms with Crippen molar-refractivity contribution >= 4 is 206 Å². The summed E-state index contributed by atoms with van der Waals surface area (Å²) in [6.45, 7) is 0. The quantitative estimate of drug-likeness (QED) is 0.0892. The molecule has 10 saturated heterocycles. The first-order chi connectivity index (χ1) is 49.5. The Morgan fingerprint density at radius 1 is 0.200 bits per heavy atom. The zero-order valence-corrected chi connectivity index (χ0v) is 71.1. The first-order valence-corrected chi connectivity index (χ1v) is 47.7. The fraction of sp³-hybridized carbons (Fsp3) is 1.00. The molecule has 105 heavy (non-hydrogen) atoms. The van der Waals surface area contributed by atoms with Gasteiger partial charge in [0.2, 0.25) is 0 Å². The van der Waals surface area contributed by atoms with Crippen LogP contribution in [0.25, 0.3) is 0 Å². The van der Waals surface area contributed by atoms with Gasteiger partial charge in [-0.1, -0.05) is 38.5 Å². The molecule has 0 spiro atoms. The Balaban J connectivity index is 0.000000160. The standard InChI is InChI=1S/2C32H48Cl8N8O3S.Cu/c2*33-11-7-3-6-10-12(11)28-44-27(10)42-25-8-4-1-2-5-9(8)26(41-25)43-32-16-15(19(36)22(39)23(40)24(16)52(49,50)51)31(48-32)47-30-14-13(29(45-28)46-30)17(34)20(37)21(38)18(14)35;/h2*8-32,41-48H,1-7H2,(H,49,50,51);/q;;+2/p-2. The molecule has 0 aromatic heterocycles. The van der Waals surface area contributed by atoms with Gasteiger partial charge in [-0.05, 0) is 86.9 Å². The maximum Gasteiger partial charge on any atom is 2.00 e. The van der Waals surface area contributed by atoms with Gasteiger partial charge in [0.15, 0.2) is 0 Å². The molecule has 0 aromatic carbocycles. The van der Waals surface area contributed by atoms with Crippen LogP contribution in [0.5, 0.6) is 0 Å². The van der Waals surface area contributed by atoms with Crippen molar-refractivity contribution in [2.45, 2.75) is 285 Å². The number of halogens is 16. The van der Waals surface area contributed by atoms with E-state index in [2.05, 4.69) is 85.1 Å². The number of alkyl halides is 16. The summed E-state index contributed by atoms with van der Waals surface area (Å²) < 4.78 is 78.5. The number of fused-ring (bicyclic) bond motifs is 40. The molecule has 0 aromatic rings. The molecule has 10 heterocycles. The van der Waals surface area contributed by atoms with Crippen LogP contribution in [-0.2, 0) is 37.3 Å². The monoisotopic (exact) mass is 1870 g/mol. The van der Waals surface area contributed by atoms with E-state index in [1.807, 2.05) is 0 Å². The summed E-state index contributed by atoms with van der Waals surface area (Å²) in [5.41, 5.74) is 0. The Labute approximate surface area is 706 Å². The molecule has 16 bridgehead atoms. The minimum absolute atomic E-state index is 0. The minimum atomic E-state index is -4.90. The van der Waals surface area contributed by atoms with Crippen LogP contribution >= 0.6 is 186 Å². The molecular weight excluding hydrogens is 1780 g/mol. The Kier molecular flexibility index (Phi) is 25.6. The van der Waals surface area contributed by atoms with Crippen LogP contribution in [0.4, 0.5) is 0 Å². The van der Waals surface area contributed by atoms with Crippen LogP contribution in [0, 0.1) is 94.7 Å². The zero-order chi connectivity index (χ0) is 73.1. The van der Waals surface area contributed by atoms with E-state index in [9.17, 15) is 25.9 Å². The third-order valence-corrected chi connectivity index (χ3v) is 41.7. The van der Waals surface area contributed by atoms with Gasteiger partial charge in [0.1, 0.15) is 0 Å². The van der Waals surface area contributed by atoms with E-state index < -0.39 is 167 Å². The molecule has 601 valence electrons. The number of hydrogen-bond donors (Lipinski definition) is 16. The normalized spacial score (nSPS) is 59.8. The van der Waals surface area contributed by atoms with Gasteiger partial charge in [0, 0.05) is 69.9 Å². The van der Waals surface area contributed by atoms with Gasteiger partial charge < -0.3 is 9.11 Å². The summed E-state index contributed by atoms with van der Waals surface area (Å²) in [6, 6.07) is 0.